The van der Waals surface area contributed by atoms with Gasteiger partial charge in [-0.3, -0.25) is 9.78 Å². The molecule has 0 spiro atoms. The highest BCUT2D eigenvalue weighted by Crippen LogP contribution is 2.29. The third kappa shape index (κ3) is 4.26. The van der Waals surface area contributed by atoms with Gasteiger partial charge < -0.3 is 15.3 Å². The molecule has 1 unspecified atom stereocenters. The Bertz CT molecular complexity index is 1290. The molecule has 1 saturated heterocycles. The van der Waals surface area contributed by atoms with E-state index in [1.165, 1.54) is 0 Å². The molecule has 1 aliphatic rings. The molecule has 1 aromatic carbocycles. The highest BCUT2D eigenvalue weighted by atomic mass is 16.3. The molecule has 9 heteroatoms. The number of aromatic hydroxyl groups is 1. The van der Waals surface area contributed by atoms with Crippen LogP contribution in [0.1, 0.15) is 23.2 Å². The molecule has 0 saturated carbocycles. The zero-order chi connectivity index (χ0) is 22.8. The van der Waals surface area contributed by atoms with Crippen molar-refractivity contribution in [1.82, 2.24) is 24.5 Å². The van der Waals surface area contributed by atoms with E-state index in [-0.39, 0.29) is 17.6 Å². The molecule has 4 aromatic rings. The van der Waals surface area contributed by atoms with Crippen molar-refractivity contribution in [3.8, 4) is 17.0 Å². The van der Waals surface area contributed by atoms with Gasteiger partial charge in [0, 0.05) is 55.4 Å². The fraction of sp³-hybridized carbons (Fsp3) is 0.250. The lowest BCUT2D eigenvalue weighted by Gasteiger charge is -2.33. The van der Waals surface area contributed by atoms with Crippen molar-refractivity contribution in [2.24, 2.45) is 5.92 Å². The Balaban J connectivity index is 1.36. The van der Waals surface area contributed by atoms with E-state index in [0.717, 1.165) is 25.2 Å². The van der Waals surface area contributed by atoms with Gasteiger partial charge in [0.1, 0.15) is 19.4 Å². The van der Waals surface area contributed by atoms with Gasteiger partial charge in [0.05, 0.1) is 5.69 Å². The Morgan fingerprint density at radius 3 is 2.85 bits per heavy atom. The number of aromatic nitrogens is 4. The van der Waals surface area contributed by atoms with Gasteiger partial charge in [-0.05, 0) is 48.5 Å². The third-order valence-corrected chi connectivity index (χ3v) is 5.98. The van der Waals surface area contributed by atoms with Gasteiger partial charge in [-0.1, -0.05) is 12.1 Å². The number of carbonyl (C=O) groups excluding carboxylic acids is 1. The van der Waals surface area contributed by atoms with E-state index >= 15 is 0 Å². The number of phenols is 1. The number of rotatable bonds is 5. The van der Waals surface area contributed by atoms with E-state index in [9.17, 15) is 9.90 Å². The number of piperidine rings is 1. The van der Waals surface area contributed by atoms with Crippen molar-refractivity contribution in [3.63, 3.8) is 0 Å². The molecule has 1 atom stereocenters. The van der Waals surface area contributed by atoms with Crippen LogP contribution in [0.3, 0.4) is 0 Å². The molecule has 1 aliphatic heterocycles. The number of phenolic OH excluding ortho intramolecular Hbond substituents is 1. The van der Waals surface area contributed by atoms with Crippen LogP contribution in [0.2, 0.25) is 0 Å². The molecule has 164 valence electrons. The standard InChI is InChI=1S/C24H23BN6O2/c25-19-14-28-31-22(12-20(29-23(19)31)18-5-1-2-6-21(18)32)27-13-16-4-3-11-30(15-16)24(33)17-7-9-26-10-8-17/h1-2,5-10,12,14,16,27,32H,3-4,11,13,15H2. The molecule has 3 aromatic heterocycles. The Kier molecular flexibility index (Phi) is 5.68. The maximum absolute atomic E-state index is 12.8. The zero-order valence-corrected chi connectivity index (χ0v) is 18.1. The van der Waals surface area contributed by atoms with Crippen LogP contribution < -0.4 is 10.8 Å². The van der Waals surface area contributed by atoms with E-state index in [2.05, 4.69) is 20.4 Å². The Morgan fingerprint density at radius 1 is 1.21 bits per heavy atom. The van der Waals surface area contributed by atoms with Crippen LogP contribution in [0, 0.1) is 5.92 Å². The summed E-state index contributed by atoms with van der Waals surface area (Å²) >= 11 is 0. The highest BCUT2D eigenvalue weighted by molar-refractivity contribution is 6.36. The van der Waals surface area contributed by atoms with E-state index in [4.69, 9.17) is 7.85 Å². The van der Waals surface area contributed by atoms with Gasteiger partial charge in [-0.15, -0.1) is 0 Å². The molecule has 1 fully saturated rings. The van der Waals surface area contributed by atoms with Crippen LogP contribution in [0.4, 0.5) is 5.82 Å². The summed E-state index contributed by atoms with van der Waals surface area (Å²) in [6.07, 6.45) is 6.82. The van der Waals surface area contributed by atoms with Crippen molar-refractivity contribution in [2.75, 3.05) is 25.0 Å². The lowest BCUT2D eigenvalue weighted by Crippen LogP contribution is -2.41. The van der Waals surface area contributed by atoms with Crippen LogP contribution in [0.25, 0.3) is 16.9 Å². The van der Waals surface area contributed by atoms with Crippen molar-refractivity contribution in [2.45, 2.75) is 12.8 Å². The summed E-state index contributed by atoms with van der Waals surface area (Å²) < 4.78 is 1.67. The lowest BCUT2D eigenvalue weighted by atomic mass is 9.97. The highest BCUT2D eigenvalue weighted by Gasteiger charge is 2.25. The number of amides is 1. The van der Waals surface area contributed by atoms with Crippen molar-refractivity contribution in [1.29, 1.82) is 0 Å². The predicted molar refractivity (Wildman–Crippen MR) is 127 cm³/mol. The summed E-state index contributed by atoms with van der Waals surface area (Å²) in [5, 5.41) is 18.1. The molecule has 8 nitrogen and oxygen atoms in total. The van der Waals surface area contributed by atoms with Gasteiger partial charge in [0.25, 0.3) is 5.91 Å². The first-order valence-electron chi connectivity index (χ1n) is 11.0. The molecular weight excluding hydrogens is 415 g/mol. The maximum Gasteiger partial charge on any atom is 0.253 e. The lowest BCUT2D eigenvalue weighted by molar-refractivity contribution is 0.0680. The summed E-state index contributed by atoms with van der Waals surface area (Å²) in [6, 6.07) is 12.4. The second kappa shape index (κ2) is 8.93. The number of fused-ring (bicyclic) bond motifs is 1. The number of para-hydroxylation sites is 1. The van der Waals surface area contributed by atoms with Gasteiger partial charge in [0.2, 0.25) is 0 Å². The summed E-state index contributed by atoms with van der Waals surface area (Å²) in [6.45, 7) is 2.10. The number of hydrogen-bond donors (Lipinski definition) is 2. The number of nitrogens with one attached hydrogen (secondary N) is 1. The average molecular weight is 438 g/mol. The minimum Gasteiger partial charge on any atom is -0.507 e. The molecule has 4 heterocycles. The van der Waals surface area contributed by atoms with Gasteiger partial charge in [-0.25, -0.2) is 4.98 Å². The van der Waals surface area contributed by atoms with Gasteiger partial charge in [0.15, 0.2) is 5.65 Å². The van der Waals surface area contributed by atoms with E-state index in [0.29, 0.717) is 41.0 Å². The maximum atomic E-state index is 12.8. The second-order valence-electron chi connectivity index (χ2n) is 8.26. The Hall–Kier alpha value is -3.88. The quantitative estimate of drug-likeness (QED) is 0.464. The number of benzene rings is 1. The molecule has 5 rings (SSSR count). The molecule has 33 heavy (non-hydrogen) atoms. The molecule has 0 aliphatic carbocycles. The Labute approximate surface area is 192 Å². The van der Waals surface area contributed by atoms with Crippen molar-refractivity contribution >= 4 is 30.7 Å². The molecule has 0 bridgehead atoms. The normalized spacial score (nSPS) is 16.1. The first-order chi connectivity index (χ1) is 16.1. The predicted octanol–water partition coefficient (Wildman–Crippen LogP) is 2.26. The topological polar surface area (TPSA) is 95.7 Å². The summed E-state index contributed by atoms with van der Waals surface area (Å²) in [5.41, 5.74) is 2.87. The van der Waals surface area contributed by atoms with Gasteiger partial charge in [-0.2, -0.15) is 9.61 Å². The number of likely N-dealkylation sites (tertiary alicyclic amines) is 1. The number of hydrogen-bond acceptors (Lipinski definition) is 6. The van der Waals surface area contributed by atoms with Crippen LogP contribution >= 0.6 is 0 Å². The molecule has 2 radical (unpaired) electrons. The minimum atomic E-state index is 0.0371. The monoisotopic (exact) mass is 438 g/mol. The first kappa shape index (κ1) is 21.0. The van der Waals surface area contributed by atoms with Gasteiger partial charge >= 0.3 is 0 Å². The molecule has 2 N–H and O–H groups in total. The molecular formula is C24H23BN6O2. The second-order valence-corrected chi connectivity index (χ2v) is 8.26. The number of pyridine rings is 1. The number of carbonyl (C=O) groups is 1. The van der Waals surface area contributed by atoms with E-state index in [1.54, 1.807) is 47.4 Å². The molecule has 1 amide bonds. The number of anilines is 1. The summed E-state index contributed by atoms with van der Waals surface area (Å²) in [5.74, 6) is 1.20. The fourth-order valence-electron chi connectivity index (χ4n) is 4.28. The van der Waals surface area contributed by atoms with Crippen molar-refractivity contribution < 1.29 is 9.90 Å². The van der Waals surface area contributed by atoms with Crippen LogP contribution in [-0.4, -0.2) is 63.0 Å². The van der Waals surface area contributed by atoms with E-state index < -0.39 is 0 Å². The smallest absolute Gasteiger partial charge is 0.253 e. The minimum absolute atomic E-state index is 0.0371. The first-order valence-corrected chi connectivity index (χ1v) is 11.0. The summed E-state index contributed by atoms with van der Waals surface area (Å²) in [7, 11) is 6.09. The number of nitrogens with zero attached hydrogens (tertiary/aromatic N) is 5. The van der Waals surface area contributed by atoms with Crippen LogP contribution in [0.15, 0.2) is 61.1 Å². The Morgan fingerprint density at radius 2 is 2.03 bits per heavy atom. The SMILES string of the molecule is [B]c1cnn2c(NCC3CCCN(C(=O)c4ccncc4)C3)cc(-c3ccccc3O)nc12. The average Bonchev–Trinajstić information content (AvgIpc) is 3.24. The summed E-state index contributed by atoms with van der Waals surface area (Å²) in [4.78, 5) is 23.4. The third-order valence-electron chi connectivity index (χ3n) is 5.98. The van der Waals surface area contributed by atoms with Crippen LogP contribution in [-0.2, 0) is 0 Å². The largest absolute Gasteiger partial charge is 0.507 e. The van der Waals surface area contributed by atoms with E-state index in [1.807, 2.05) is 23.1 Å². The zero-order valence-electron chi connectivity index (χ0n) is 18.1. The van der Waals surface area contributed by atoms with Crippen LogP contribution in [0.5, 0.6) is 5.75 Å². The van der Waals surface area contributed by atoms with Crippen molar-refractivity contribution in [3.05, 3.63) is 66.6 Å². The fourth-order valence-corrected chi connectivity index (χ4v) is 4.28.